The number of hydrogen-bond donors (Lipinski definition) is 2. The minimum atomic E-state index is -0.243. The first-order valence-electron chi connectivity index (χ1n) is 4.06. The first-order valence-corrected chi connectivity index (χ1v) is 4.06. The molecule has 0 aromatic rings. The molecule has 0 unspecified atom stereocenters. The first-order chi connectivity index (χ1) is 4.99. The van der Waals surface area contributed by atoms with Gasteiger partial charge in [-0.15, -0.1) is 0 Å². The van der Waals surface area contributed by atoms with Crippen LogP contribution in [-0.2, 0) is 4.79 Å². The molecule has 64 valence electrons. The van der Waals surface area contributed by atoms with Crippen molar-refractivity contribution in [1.29, 1.82) is 0 Å². The Morgan fingerprint density at radius 1 is 1.45 bits per heavy atom. The van der Waals surface area contributed by atoms with E-state index in [1.165, 1.54) is 19.8 Å². The van der Waals surface area contributed by atoms with Gasteiger partial charge in [-0.1, -0.05) is 0 Å². The fraction of sp³-hybridized carbons (Fsp3) is 0.875. The van der Waals surface area contributed by atoms with Crippen LogP contribution in [0.15, 0.2) is 0 Å². The second-order valence-corrected chi connectivity index (χ2v) is 3.72. The van der Waals surface area contributed by atoms with Crippen LogP contribution < -0.4 is 10.6 Å². The largest absolute Gasteiger partial charge is 0.339 e. The third-order valence-electron chi connectivity index (χ3n) is 1.63. The average molecular weight is 156 g/mol. The lowest BCUT2D eigenvalue weighted by atomic mass is 10.2. The standard InChI is InChI=1S/C8H16N2O/c1-6(11)9-8(2,3)10-7-4-5-7/h7,10H,4-5H2,1-3H3,(H,9,11). The van der Waals surface area contributed by atoms with E-state index in [-0.39, 0.29) is 11.6 Å². The Bertz CT molecular complexity index is 161. The van der Waals surface area contributed by atoms with Crippen LogP contribution in [0.25, 0.3) is 0 Å². The van der Waals surface area contributed by atoms with Crippen LogP contribution in [0.1, 0.15) is 33.6 Å². The highest BCUT2D eigenvalue weighted by atomic mass is 16.1. The molecule has 1 fully saturated rings. The second kappa shape index (κ2) is 2.81. The van der Waals surface area contributed by atoms with Crippen LogP contribution >= 0.6 is 0 Å². The monoisotopic (exact) mass is 156 g/mol. The number of carbonyl (C=O) groups excluding carboxylic acids is 1. The van der Waals surface area contributed by atoms with E-state index < -0.39 is 0 Å². The summed E-state index contributed by atoms with van der Waals surface area (Å²) in [5, 5.41) is 6.17. The molecule has 0 atom stereocenters. The maximum absolute atomic E-state index is 10.7. The molecule has 1 amide bonds. The van der Waals surface area contributed by atoms with Gasteiger partial charge in [0, 0.05) is 13.0 Å². The van der Waals surface area contributed by atoms with Gasteiger partial charge in [0.1, 0.15) is 0 Å². The third kappa shape index (κ3) is 3.37. The molecule has 1 aliphatic rings. The summed E-state index contributed by atoms with van der Waals surface area (Å²) >= 11 is 0. The number of carbonyl (C=O) groups is 1. The van der Waals surface area contributed by atoms with Crippen molar-refractivity contribution in [1.82, 2.24) is 10.6 Å². The van der Waals surface area contributed by atoms with Gasteiger partial charge in [0.05, 0.1) is 5.66 Å². The normalized spacial score (nSPS) is 18.1. The molecule has 1 saturated carbocycles. The van der Waals surface area contributed by atoms with E-state index in [0.717, 1.165) is 0 Å². The smallest absolute Gasteiger partial charge is 0.218 e. The van der Waals surface area contributed by atoms with E-state index in [1.54, 1.807) is 0 Å². The van der Waals surface area contributed by atoms with Crippen LogP contribution in [0.3, 0.4) is 0 Å². The summed E-state index contributed by atoms with van der Waals surface area (Å²) in [6.45, 7) is 5.50. The lowest BCUT2D eigenvalue weighted by Gasteiger charge is -2.27. The van der Waals surface area contributed by atoms with Crippen LogP contribution in [0.5, 0.6) is 0 Å². The molecule has 0 radical (unpaired) electrons. The van der Waals surface area contributed by atoms with E-state index in [1.807, 2.05) is 13.8 Å². The zero-order chi connectivity index (χ0) is 8.48. The van der Waals surface area contributed by atoms with Gasteiger partial charge < -0.3 is 5.32 Å². The summed E-state index contributed by atoms with van der Waals surface area (Å²) in [6, 6.07) is 0.622. The van der Waals surface area contributed by atoms with Crippen LogP contribution in [0, 0.1) is 0 Å². The highest BCUT2D eigenvalue weighted by Crippen LogP contribution is 2.21. The van der Waals surface area contributed by atoms with Gasteiger partial charge in [-0.05, 0) is 26.7 Å². The van der Waals surface area contributed by atoms with Crippen LogP contribution in [-0.4, -0.2) is 17.6 Å². The first kappa shape index (κ1) is 8.53. The summed E-state index contributed by atoms with van der Waals surface area (Å²) in [4.78, 5) is 10.7. The maximum Gasteiger partial charge on any atom is 0.218 e. The molecule has 2 N–H and O–H groups in total. The van der Waals surface area contributed by atoms with E-state index in [0.29, 0.717) is 6.04 Å². The van der Waals surface area contributed by atoms with E-state index >= 15 is 0 Å². The zero-order valence-corrected chi connectivity index (χ0v) is 7.40. The van der Waals surface area contributed by atoms with Gasteiger partial charge in [-0.2, -0.15) is 0 Å². The van der Waals surface area contributed by atoms with Crippen molar-refractivity contribution < 1.29 is 4.79 Å². The fourth-order valence-electron chi connectivity index (χ4n) is 1.21. The molecule has 0 saturated heterocycles. The fourth-order valence-corrected chi connectivity index (χ4v) is 1.21. The molecule has 0 aromatic carbocycles. The predicted octanol–water partition coefficient (Wildman–Crippen LogP) is 0.611. The van der Waals surface area contributed by atoms with Crippen molar-refractivity contribution in [2.24, 2.45) is 0 Å². The lowest BCUT2D eigenvalue weighted by Crippen LogP contribution is -2.54. The zero-order valence-electron chi connectivity index (χ0n) is 7.40. The van der Waals surface area contributed by atoms with Crippen LogP contribution in [0.4, 0.5) is 0 Å². The Balaban J connectivity index is 2.30. The molecule has 1 rings (SSSR count). The predicted molar refractivity (Wildman–Crippen MR) is 44.1 cm³/mol. The molecule has 1 aliphatic carbocycles. The van der Waals surface area contributed by atoms with Gasteiger partial charge >= 0.3 is 0 Å². The van der Waals surface area contributed by atoms with Gasteiger partial charge in [0.25, 0.3) is 0 Å². The van der Waals surface area contributed by atoms with Crippen molar-refractivity contribution in [2.45, 2.75) is 45.3 Å². The van der Waals surface area contributed by atoms with Crippen molar-refractivity contribution in [3.05, 3.63) is 0 Å². The Hall–Kier alpha value is -0.570. The molecule has 0 aromatic heterocycles. The lowest BCUT2D eigenvalue weighted by molar-refractivity contribution is -0.120. The molecule has 3 heteroatoms. The van der Waals surface area contributed by atoms with E-state index in [9.17, 15) is 4.79 Å². The van der Waals surface area contributed by atoms with E-state index in [4.69, 9.17) is 0 Å². The Morgan fingerprint density at radius 2 is 2.00 bits per heavy atom. The Kier molecular flexibility index (Phi) is 2.18. The molecular formula is C8H16N2O. The van der Waals surface area contributed by atoms with Gasteiger partial charge in [-0.25, -0.2) is 0 Å². The van der Waals surface area contributed by atoms with Crippen molar-refractivity contribution in [2.75, 3.05) is 0 Å². The summed E-state index contributed by atoms with van der Waals surface area (Å²) < 4.78 is 0. The average Bonchev–Trinajstić information content (AvgIpc) is 2.43. The number of nitrogens with one attached hydrogen (secondary N) is 2. The SMILES string of the molecule is CC(=O)NC(C)(C)NC1CC1. The molecule has 11 heavy (non-hydrogen) atoms. The Morgan fingerprint density at radius 3 is 2.36 bits per heavy atom. The number of amides is 1. The molecule has 0 bridgehead atoms. The molecule has 0 heterocycles. The van der Waals surface area contributed by atoms with Gasteiger partial charge in [0.15, 0.2) is 0 Å². The summed E-state index contributed by atoms with van der Waals surface area (Å²) in [6.07, 6.45) is 2.48. The molecular weight excluding hydrogens is 140 g/mol. The molecule has 0 spiro atoms. The van der Waals surface area contributed by atoms with Crippen molar-refractivity contribution in [3.63, 3.8) is 0 Å². The molecule has 0 aliphatic heterocycles. The highest BCUT2D eigenvalue weighted by molar-refractivity contribution is 5.73. The van der Waals surface area contributed by atoms with Crippen molar-refractivity contribution in [3.8, 4) is 0 Å². The summed E-state index contributed by atoms with van der Waals surface area (Å²) in [5.41, 5.74) is -0.243. The quantitative estimate of drug-likeness (QED) is 0.588. The third-order valence-corrected chi connectivity index (χ3v) is 1.63. The van der Waals surface area contributed by atoms with Gasteiger partial charge in [-0.3, -0.25) is 10.1 Å². The Labute approximate surface area is 67.5 Å². The minimum Gasteiger partial charge on any atom is -0.339 e. The second-order valence-electron chi connectivity index (χ2n) is 3.72. The van der Waals surface area contributed by atoms with E-state index in [2.05, 4.69) is 10.6 Å². The summed E-state index contributed by atoms with van der Waals surface area (Å²) in [5.74, 6) is 0.0168. The summed E-state index contributed by atoms with van der Waals surface area (Å²) in [7, 11) is 0. The topological polar surface area (TPSA) is 41.1 Å². The number of hydrogen-bond acceptors (Lipinski definition) is 2. The highest BCUT2D eigenvalue weighted by Gasteiger charge is 2.28. The maximum atomic E-state index is 10.7. The van der Waals surface area contributed by atoms with Crippen LogP contribution in [0.2, 0.25) is 0 Å². The number of rotatable bonds is 3. The van der Waals surface area contributed by atoms with Gasteiger partial charge in [0.2, 0.25) is 5.91 Å². The minimum absolute atomic E-state index is 0.0168. The molecule has 3 nitrogen and oxygen atoms in total. The van der Waals surface area contributed by atoms with Crippen molar-refractivity contribution >= 4 is 5.91 Å².